The summed E-state index contributed by atoms with van der Waals surface area (Å²) in [4.78, 5) is 4.44. The highest BCUT2D eigenvalue weighted by Crippen LogP contribution is 2.02. The summed E-state index contributed by atoms with van der Waals surface area (Å²) in [5.74, 6) is 0. The number of quaternary nitrogens is 1. The van der Waals surface area contributed by atoms with Crippen LogP contribution in [0.1, 0.15) is 6.92 Å². The third kappa shape index (κ3) is 1.19. The first-order chi connectivity index (χ1) is 4.66. The van der Waals surface area contributed by atoms with Gasteiger partial charge < -0.3 is 0 Å². The van der Waals surface area contributed by atoms with Gasteiger partial charge in [-0.15, -0.1) is 5.01 Å². The number of hydrogen-bond donors (Lipinski definition) is 1. The Morgan fingerprint density at radius 2 is 2.30 bits per heavy atom. The average molecular weight is 160 g/mol. The summed E-state index contributed by atoms with van der Waals surface area (Å²) in [6.07, 6.45) is 2.40. The molecule has 1 aliphatic heterocycles. The van der Waals surface area contributed by atoms with Gasteiger partial charge in [0.05, 0.1) is 7.05 Å². The zero-order valence-electron chi connectivity index (χ0n) is 6.88. The Morgan fingerprint density at radius 1 is 1.70 bits per heavy atom. The molecule has 1 N–H and O–H groups in total. The molecule has 2 unspecified atom stereocenters. The molecule has 10 heavy (non-hydrogen) atoms. The Labute approximate surface area is 66.1 Å². The van der Waals surface area contributed by atoms with E-state index in [0.29, 0.717) is 6.17 Å². The van der Waals surface area contributed by atoms with E-state index in [1.54, 1.807) is 11.8 Å². The van der Waals surface area contributed by atoms with E-state index in [0.717, 1.165) is 0 Å². The van der Waals surface area contributed by atoms with Gasteiger partial charge in [-0.25, -0.2) is 10.0 Å². The smallest absolute Gasteiger partial charge is 0.202 e. The molecule has 0 amide bonds. The van der Waals surface area contributed by atoms with Crippen molar-refractivity contribution in [1.82, 2.24) is 5.01 Å². The van der Waals surface area contributed by atoms with Crippen LogP contribution in [0.15, 0.2) is 4.99 Å². The topological polar surface area (TPSA) is 20.0 Å². The van der Waals surface area contributed by atoms with Crippen LogP contribution < -0.4 is 5.01 Å². The van der Waals surface area contributed by atoms with Gasteiger partial charge in [0.15, 0.2) is 6.17 Å². The number of thioether (sulfide) groups is 1. The van der Waals surface area contributed by atoms with E-state index in [2.05, 4.69) is 37.3 Å². The highest BCUT2D eigenvalue weighted by Gasteiger charge is 2.29. The maximum Gasteiger partial charge on any atom is 0.278 e. The summed E-state index contributed by atoms with van der Waals surface area (Å²) in [6.45, 7) is 2.10. The van der Waals surface area contributed by atoms with Gasteiger partial charge in [0.2, 0.25) is 0 Å². The van der Waals surface area contributed by atoms with Gasteiger partial charge in [-0.3, -0.25) is 0 Å². The molecule has 3 nitrogen and oxygen atoms in total. The van der Waals surface area contributed by atoms with Crippen molar-refractivity contribution in [3.05, 3.63) is 0 Å². The predicted molar refractivity (Wildman–Crippen MR) is 45.1 cm³/mol. The fourth-order valence-corrected chi connectivity index (χ4v) is 1.68. The minimum Gasteiger partial charge on any atom is -0.202 e. The van der Waals surface area contributed by atoms with Gasteiger partial charge in [0.25, 0.3) is 5.17 Å². The van der Waals surface area contributed by atoms with Gasteiger partial charge in [0, 0.05) is 7.05 Å². The second kappa shape index (κ2) is 2.90. The van der Waals surface area contributed by atoms with Crippen molar-refractivity contribution in [1.29, 1.82) is 0 Å². The van der Waals surface area contributed by atoms with Crippen molar-refractivity contribution in [2.24, 2.45) is 4.99 Å². The van der Waals surface area contributed by atoms with Crippen LogP contribution in [-0.4, -0.2) is 36.7 Å². The van der Waals surface area contributed by atoms with Crippen molar-refractivity contribution < 1.29 is 5.01 Å². The second-order valence-corrected chi connectivity index (χ2v) is 3.26. The zero-order chi connectivity index (χ0) is 7.72. The minimum atomic E-state index is 0.336. The van der Waals surface area contributed by atoms with Crippen molar-refractivity contribution in [3.8, 4) is 0 Å². The normalized spacial score (nSPS) is 34.6. The third-order valence-corrected chi connectivity index (χ3v) is 2.68. The van der Waals surface area contributed by atoms with Crippen LogP contribution in [0, 0.1) is 0 Å². The maximum absolute atomic E-state index is 4.44. The fourth-order valence-electron chi connectivity index (χ4n) is 0.981. The maximum atomic E-state index is 4.44. The minimum absolute atomic E-state index is 0.336. The van der Waals surface area contributed by atoms with Crippen molar-refractivity contribution in [3.63, 3.8) is 0 Å². The fraction of sp³-hybridized carbons (Fsp3) is 0.833. The molecular weight excluding hydrogens is 146 g/mol. The molecule has 0 spiro atoms. The van der Waals surface area contributed by atoms with Gasteiger partial charge in [0.1, 0.15) is 0 Å². The Hall–Kier alpha value is -0.0600. The van der Waals surface area contributed by atoms with E-state index < -0.39 is 0 Å². The van der Waals surface area contributed by atoms with Gasteiger partial charge in [-0.05, 0) is 24.9 Å². The van der Waals surface area contributed by atoms with Crippen molar-refractivity contribution in [2.75, 3.05) is 20.4 Å². The number of nitrogens with one attached hydrogen (secondary N) is 1. The molecule has 0 fully saturated rings. The molecule has 1 rings (SSSR count). The van der Waals surface area contributed by atoms with E-state index in [1.165, 1.54) is 10.2 Å². The molecule has 1 heterocycles. The highest BCUT2D eigenvalue weighted by molar-refractivity contribution is 8.12. The lowest BCUT2D eigenvalue weighted by molar-refractivity contribution is -0.906. The summed E-state index contributed by atoms with van der Waals surface area (Å²) in [5, 5.41) is 4.65. The number of amidine groups is 1. The molecule has 4 heteroatoms. The van der Waals surface area contributed by atoms with Crippen LogP contribution in [0.25, 0.3) is 0 Å². The molecule has 0 saturated heterocycles. The summed E-state index contributed by atoms with van der Waals surface area (Å²) in [5.41, 5.74) is 0. The average Bonchev–Trinajstić information content (AvgIpc) is 2.17. The Kier molecular flexibility index (Phi) is 2.33. The van der Waals surface area contributed by atoms with Crippen molar-refractivity contribution >= 4 is 16.9 Å². The van der Waals surface area contributed by atoms with Crippen LogP contribution in [0.4, 0.5) is 0 Å². The third-order valence-electron chi connectivity index (χ3n) is 1.90. The SMILES string of the molecule is CSC1=NC(C)N(C)[NH+]1C. The summed E-state index contributed by atoms with van der Waals surface area (Å²) < 4.78 is 0. The molecule has 1 aliphatic rings. The molecular formula is C6H14N3S+. The molecule has 0 radical (unpaired) electrons. The first-order valence-corrected chi connectivity index (χ1v) is 4.58. The Bertz CT molecular complexity index is 157. The molecule has 2 atom stereocenters. The van der Waals surface area contributed by atoms with E-state index in [-0.39, 0.29) is 0 Å². The van der Waals surface area contributed by atoms with E-state index in [9.17, 15) is 0 Å². The Morgan fingerprint density at radius 3 is 2.50 bits per heavy atom. The van der Waals surface area contributed by atoms with Gasteiger partial charge in [-0.1, -0.05) is 0 Å². The first kappa shape index (κ1) is 8.04. The Balaban J connectivity index is 2.68. The molecule has 0 aromatic carbocycles. The quantitative estimate of drug-likeness (QED) is 0.512. The van der Waals surface area contributed by atoms with Gasteiger partial charge >= 0.3 is 0 Å². The molecule has 0 aliphatic carbocycles. The number of nitrogens with zero attached hydrogens (tertiary/aromatic N) is 2. The molecule has 0 aromatic rings. The van der Waals surface area contributed by atoms with E-state index >= 15 is 0 Å². The summed E-state index contributed by atoms with van der Waals surface area (Å²) in [6, 6.07) is 0. The first-order valence-electron chi connectivity index (χ1n) is 3.35. The number of aliphatic imine (C=N–C) groups is 1. The van der Waals surface area contributed by atoms with Crippen molar-refractivity contribution in [2.45, 2.75) is 13.1 Å². The summed E-state index contributed by atoms with van der Waals surface area (Å²) >= 11 is 1.72. The zero-order valence-corrected chi connectivity index (χ0v) is 7.70. The largest absolute Gasteiger partial charge is 0.278 e. The molecule has 58 valence electrons. The van der Waals surface area contributed by atoms with Crippen LogP contribution in [-0.2, 0) is 0 Å². The lowest BCUT2D eigenvalue weighted by Gasteiger charge is -2.17. The second-order valence-electron chi connectivity index (χ2n) is 2.47. The lowest BCUT2D eigenvalue weighted by Crippen LogP contribution is -3.15. The van der Waals surface area contributed by atoms with Crippen LogP contribution in [0.3, 0.4) is 0 Å². The van der Waals surface area contributed by atoms with Crippen LogP contribution >= 0.6 is 11.8 Å². The van der Waals surface area contributed by atoms with Crippen LogP contribution in [0.5, 0.6) is 0 Å². The molecule has 0 saturated carbocycles. The predicted octanol–water partition coefficient (Wildman–Crippen LogP) is -0.573. The standard InChI is InChI=1S/C6H13N3S/c1-5-7-6(10-4)9(3)8(5)2/h5H,1-4H3/p+1. The number of rotatable bonds is 0. The molecule has 0 bridgehead atoms. The summed E-state index contributed by atoms with van der Waals surface area (Å²) in [7, 11) is 4.19. The highest BCUT2D eigenvalue weighted by atomic mass is 32.2. The van der Waals surface area contributed by atoms with E-state index in [1.807, 2.05) is 0 Å². The monoisotopic (exact) mass is 160 g/mol. The van der Waals surface area contributed by atoms with Crippen LogP contribution in [0.2, 0.25) is 0 Å². The number of hydrogen-bond acceptors (Lipinski definition) is 3. The van der Waals surface area contributed by atoms with E-state index in [4.69, 9.17) is 0 Å². The van der Waals surface area contributed by atoms with Gasteiger partial charge in [-0.2, -0.15) is 0 Å². The molecule has 0 aromatic heterocycles. The lowest BCUT2D eigenvalue weighted by atomic mass is 10.6.